The van der Waals surface area contributed by atoms with E-state index in [1.807, 2.05) is 25.1 Å². The third-order valence-electron chi connectivity index (χ3n) is 3.97. The number of furan rings is 1. The molecule has 1 aliphatic rings. The van der Waals surface area contributed by atoms with Gasteiger partial charge in [0.15, 0.2) is 0 Å². The van der Waals surface area contributed by atoms with Crippen LogP contribution in [0, 0.1) is 6.92 Å². The molecule has 0 radical (unpaired) electrons. The molecule has 1 N–H and O–H groups in total. The van der Waals surface area contributed by atoms with E-state index in [-0.39, 0.29) is 0 Å². The van der Waals surface area contributed by atoms with E-state index in [1.54, 1.807) is 6.26 Å². The molecular weight excluding hydrogens is 278 g/mol. The number of nitrogens with one attached hydrogen (secondary N) is 1. The van der Waals surface area contributed by atoms with Crippen LogP contribution in [0.25, 0.3) is 0 Å². The molecule has 1 aliphatic heterocycles. The number of likely N-dealkylation sites (N-methyl/N-ethyl adjacent to an activating group) is 1. The fraction of sp³-hybridized carbons (Fsp3) is 0.500. The van der Waals surface area contributed by atoms with Crippen molar-refractivity contribution in [1.29, 1.82) is 0 Å². The average Bonchev–Trinajstić information content (AvgIpc) is 3.06. The summed E-state index contributed by atoms with van der Waals surface area (Å²) in [4.78, 5) is 13.9. The summed E-state index contributed by atoms with van der Waals surface area (Å²) in [7, 11) is 0. The number of hydrogen-bond acceptors (Lipinski definition) is 6. The Labute approximate surface area is 131 Å². The van der Waals surface area contributed by atoms with E-state index in [9.17, 15) is 0 Å². The molecule has 0 spiro atoms. The van der Waals surface area contributed by atoms with E-state index in [4.69, 9.17) is 4.42 Å². The summed E-state index contributed by atoms with van der Waals surface area (Å²) in [5.74, 6) is 2.56. The van der Waals surface area contributed by atoms with Gasteiger partial charge < -0.3 is 19.5 Å². The van der Waals surface area contributed by atoms with Crippen molar-refractivity contribution in [2.75, 3.05) is 42.9 Å². The van der Waals surface area contributed by atoms with E-state index in [0.717, 1.165) is 55.9 Å². The molecule has 3 heterocycles. The Morgan fingerprint density at radius 2 is 2.05 bits per heavy atom. The van der Waals surface area contributed by atoms with E-state index >= 15 is 0 Å². The van der Waals surface area contributed by atoms with Crippen LogP contribution in [0.15, 0.2) is 28.9 Å². The molecule has 0 atom stereocenters. The Kier molecular flexibility index (Phi) is 4.58. The van der Waals surface area contributed by atoms with Gasteiger partial charge in [0.25, 0.3) is 0 Å². The Hall–Kier alpha value is -2.08. The Morgan fingerprint density at radius 1 is 1.23 bits per heavy atom. The maximum absolute atomic E-state index is 5.33. The first-order valence-corrected chi connectivity index (χ1v) is 7.84. The van der Waals surface area contributed by atoms with Gasteiger partial charge in [0.1, 0.15) is 11.6 Å². The zero-order chi connectivity index (χ0) is 15.4. The number of anilines is 2. The molecule has 0 aliphatic carbocycles. The van der Waals surface area contributed by atoms with Crippen molar-refractivity contribution in [3.63, 3.8) is 0 Å². The topological polar surface area (TPSA) is 57.4 Å². The molecule has 2 aromatic rings. The summed E-state index contributed by atoms with van der Waals surface area (Å²) in [5, 5.41) is 3.31. The highest BCUT2D eigenvalue weighted by molar-refractivity contribution is 5.44. The summed E-state index contributed by atoms with van der Waals surface area (Å²) in [6.45, 7) is 10.1. The van der Waals surface area contributed by atoms with Crippen molar-refractivity contribution in [2.24, 2.45) is 0 Å². The van der Waals surface area contributed by atoms with Gasteiger partial charge in [-0.1, -0.05) is 6.92 Å². The minimum absolute atomic E-state index is 0.631. The maximum Gasteiger partial charge on any atom is 0.227 e. The number of aromatic nitrogens is 2. The molecule has 22 heavy (non-hydrogen) atoms. The number of rotatable bonds is 5. The van der Waals surface area contributed by atoms with Gasteiger partial charge in [-0.3, -0.25) is 0 Å². The lowest BCUT2D eigenvalue weighted by molar-refractivity contribution is 0.270. The molecule has 0 saturated carbocycles. The number of aryl methyl sites for hydroxylation is 1. The first-order chi connectivity index (χ1) is 10.7. The quantitative estimate of drug-likeness (QED) is 0.913. The van der Waals surface area contributed by atoms with Gasteiger partial charge in [-0.15, -0.1) is 0 Å². The lowest BCUT2D eigenvalue weighted by Gasteiger charge is -2.34. The maximum atomic E-state index is 5.33. The van der Waals surface area contributed by atoms with Crippen molar-refractivity contribution >= 4 is 11.8 Å². The standard InChI is InChI=1S/C16H23N5O/c1-3-20-6-8-21(9-7-20)16-18-13(2)11-15(19-16)17-12-14-5-4-10-22-14/h4-5,10-11H,3,6-9,12H2,1-2H3,(H,17,18,19). The van der Waals surface area contributed by atoms with Gasteiger partial charge in [-0.25, -0.2) is 4.98 Å². The fourth-order valence-electron chi connectivity index (χ4n) is 2.64. The van der Waals surface area contributed by atoms with Gasteiger partial charge >= 0.3 is 0 Å². The lowest BCUT2D eigenvalue weighted by atomic mass is 10.3. The molecule has 1 saturated heterocycles. The van der Waals surface area contributed by atoms with Crippen LogP contribution >= 0.6 is 0 Å². The SMILES string of the molecule is CCN1CCN(c2nc(C)cc(NCc3ccco3)n2)CC1. The molecule has 0 aromatic carbocycles. The van der Waals surface area contributed by atoms with Crippen molar-refractivity contribution in [1.82, 2.24) is 14.9 Å². The summed E-state index contributed by atoms with van der Waals surface area (Å²) in [6, 6.07) is 5.81. The van der Waals surface area contributed by atoms with Crippen molar-refractivity contribution < 1.29 is 4.42 Å². The molecule has 1 fully saturated rings. The van der Waals surface area contributed by atoms with Gasteiger partial charge in [0, 0.05) is 37.9 Å². The Bertz CT molecular complexity index is 591. The predicted molar refractivity (Wildman–Crippen MR) is 87.1 cm³/mol. The van der Waals surface area contributed by atoms with Gasteiger partial charge in [-0.2, -0.15) is 4.98 Å². The van der Waals surface area contributed by atoms with Gasteiger partial charge in [0.05, 0.1) is 12.8 Å². The fourth-order valence-corrected chi connectivity index (χ4v) is 2.64. The molecular formula is C16H23N5O. The van der Waals surface area contributed by atoms with Crippen LogP contribution in [0.1, 0.15) is 18.4 Å². The second kappa shape index (κ2) is 6.79. The van der Waals surface area contributed by atoms with E-state index in [0.29, 0.717) is 6.54 Å². The number of nitrogens with zero attached hydrogens (tertiary/aromatic N) is 4. The van der Waals surface area contributed by atoms with Crippen molar-refractivity contribution in [3.8, 4) is 0 Å². The highest BCUT2D eigenvalue weighted by atomic mass is 16.3. The van der Waals surface area contributed by atoms with Crippen LogP contribution < -0.4 is 10.2 Å². The van der Waals surface area contributed by atoms with Gasteiger partial charge in [-0.05, 0) is 25.6 Å². The molecule has 6 nitrogen and oxygen atoms in total. The minimum atomic E-state index is 0.631. The van der Waals surface area contributed by atoms with Gasteiger partial charge in [0.2, 0.25) is 5.95 Å². The largest absolute Gasteiger partial charge is 0.467 e. The van der Waals surface area contributed by atoms with Crippen LogP contribution in [0.3, 0.4) is 0 Å². The third kappa shape index (κ3) is 3.57. The first kappa shape index (κ1) is 14.8. The molecule has 0 bridgehead atoms. The summed E-state index contributed by atoms with van der Waals surface area (Å²) in [6.07, 6.45) is 1.68. The molecule has 0 amide bonds. The second-order valence-corrected chi connectivity index (χ2v) is 5.55. The molecule has 118 valence electrons. The smallest absolute Gasteiger partial charge is 0.227 e. The van der Waals surface area contributed by atoms with Crippen LogP contribution in [0.2, 0.25) is 0 Å². The number of piperazine rings is 1. The van der Waals surface area contributed by atoms with E-state index in [2.05, 4.69) is 32.0 Å². The first-order valence-electron chi connectivity index (χ1n) is 7.84. The summed E-state index contributed by atoms with van der Waals surface area (Å²) < 4.78 is 5.33. The van der Waals surface area contributed by atoms with Crippen LogP contribution in [-0.2, 0) is 6.54 Å². The molecule has 2 aromatic heterocycles. The minimum Gasteiger partial charge on any atom is -0.467 e. The summed E-state index contributed by atoms with van der Waals surface area (Å²) >= 11 is 0. The summed E-state index contributed by atoms with van der Waals surface area (Å²) in [5.41, 5.74) is 0.977. The van der Waals surface area contributed by atoms with Crippen LogP contribution in [0.4, 0.5) is 11.8 Å². The second-order valence-electron chi connectivity index (χ2n) is 5.55. The lowest BCUT2D eigenvalue weighted by Crippen LogP contribution is -2.46. The van der Waals surface area contributed by atoms with Crippen LogP contribution in [-0.4, -0.2) is 47.6 Å². The highest BCUT2D eigenvalue weighted by Crippen LogP contribution is 2.16. The van der Waals surface area contributed by atoms with Crippen molar-refractivity contribution in [3.05, 3.63) is 35.9 Å². The zero-order valence-electron chi connectivity index (χ0n) is 13.2. The third-order valence-corrected chi connectivity index (χ3v) is 3.97. The Morgan fingerprint density at radius 3 is 2.73 bits per heavy atom. The van der Waals surface area contributed by atoms with Crippen molar-refractivity contribution in [2.45, 2.75) is 20.4 Å². The predicted octanol–water partition coefficient (Wildman–Crippen LogP) is 2.13. The number of hydrogen-bond donors (Lipinski definition) is 1. The normalized spacial score (nSPS) is 16.0. The van der Waals surface area contributed by atoms with E-state index < -0.39 is 0 Å². The monoisotopic (exact) mass is 301 g/mol. The average molecular weight is 301 g/mol. The Balaban J connectivity index is 1.67. The highest BCUT2D eigenvalue weighted by Gasteiger charge is 2.18. The van der Waals surface area contributed by atoms with E-state index in [1.165, 1.54) is 0 Å². The van der Waals surface area contributed by atoms with Crippen LogP contribution in [0.5, 0.6) is 0 Å². The zero-order valence-corrected chi connectivity index (χ0v) is 13.2. The molecule has 6 heteroatoms. The molecule has 3 rings (SSSR count). The molecule has 0 unspecified atom stereocenters.